The third kappa shape index (κ3) is 2.99. The molecule has 29 heavy (non-hydrogen) atoms. The summed E-state index contributed by atoms with van der Waals surface area (Å²) in [7, 11) is 1.59. The van der Waals surface area contributed by atoms with Gasteiger partial charge in [-0.1, -0.05) is 28.1 Å². The Morgan fingerprint density at radius 1 is 1.10 bits per heavy atom. The van der Waals surface area contributed by atoms with Crippen molar-refractivity contribution in [2.75, 3.05) is 12.4 Å². The van der Waals surface area contributed by atoms with E-state index in [2.05, 4.69) is 21.2 Å². The van der Waals surface area contributed by atoms with E-state index in [4.69, 9.17) is 14.2 Å². The maximum absolute atomic E-state index is 13.0. The van der Waals surface area contributed by atoms with Crippen LogP contribution in [0, 0.1) is 23.7 Å². The Morgan fingerprint density at radius 2 is 1.83 bits per heavy atom. The molecule has 1 heterocycles. The first-order valence-corrected chi connectivity index (χ1v) is 10.5. The Kier molecular flexibility index (Phi) is 4.50. The molecule has 5 rings (SSSR count). The number of fused-ring (bicyclic) bond motifs is 1. The van der Waals surface area contributed by atoms with Gasteiger partial charge in [0.15, 0.2) is 11.5 Å². The van der Waals surface area contributed by atoms with E-state index in [1.807, 2.05) is 24.3 Å². The second kappa shape index (κ2) is 7.06. The van der Waals surface area contributed by atoms with Crippen molar-refractivity contribution < 1.29 is 23.8 Å². The molecule has 1 saturated heterocycles. The van der Waals surface area contributed by atoms with E-state index in [1.165, 1.54) is 0 Å². The molecular formula is C22H20BrNO5. The molecule has 150 valence electrons. The van der Waals surface area contributed by atoms with E-state index in [9.17, 15) is 9.59 Å². The summed E-state index contributed by atoms with van der Waals surface area (Å²) in [5.74, 6) is 1.17. The SMILES string of the molecule is COc1ccccc1Oc1ccc(NC(=O)[C@@H]2[C@H]3C[C@H]4[C@H](OC(=O)[C@H]42)[C@@H]3Br)cc1. The molecule has 1 aliphatic heterocycles. The lowest BCUT2D eigenvalue weighted by Gasteiger charge is -2.27. The van der Waals surface area contributed by atoms with Crippen LogP contribution >= 0.6 is 15.9 Å². The fourth-order valence-corrected chi connectivity index (χ4v) is 6.04. The summed E-state index contributed by atoms with van der Waals surface area (Å²) in [6, 6.07) is 14.6. The van der Waals surface area contributed by atoms with Gasteiger partial charge >= 0.3 is 5.97 Å². The first kappa shape index (κ1) is 18.5. The van der Waals surface area contributed by atoms with Gasteiger partial charge in [0, 0.05) is 11.6 Å². The molecule has 2 bridgehead atoms. The van der Waals surface area contributed by atoms with E-state index in [1.54, 1.807) is 31.4 Å². The molecular weight excluding hydrogens is 438 g/mol. The van der Waals surface area contributed by atoms with Gasteiger partial charge in [-0.2, -0.15) is 0 Å². The number of nitrogens with one attached hydrogen (secondary N) is 1. The Balaban J connectivity index is 1.28. The highest BCUT2D eigenvalue weighted by atomic mass is 79.9. The summed E-state index contributed by atoms with van der Waals surface area (Å²) >= 11 is 3.64. The minimum absolute atomic E-state index is 0.0579. The maximum atomic E-state index is 13.0. The second-order valence-electron chi connectivity index (χ2n) is 7.73. The average molecular weight is 458 g/mol. The summed E-state index contributed by atoms with van der Waals surface area (Å²) in [4.78, 5) is 25.2. The van der Waals surface area contributed by atoms with Gasteiger partial charge in [0.25, 0.3) is 0 Å². The Morgan fingerprint density at radius 3 is 2.55 bits per heavy atom. The van der Waals surface area contributed by atoms with Crippen LogP contribution < -0.4 is 14.8 Å². The predicted octanol–water partition coefficient (Wildman–Crippen LogP) is 4.00. The Bertz CT molecular complexity index is 962. The second-order valence-corrected chi connectivity index (χ2v) is 8.78. The highest BCUT2D eigenvalue weighted by Gasteiger charge is 2.67. The quantitative estimate of drug-likeness (QED) is 0.542. The smallest absolute Gasteiger partial charge is 0.310 e. The fourth-order valence-electron chi connectivity index (χ4n) is 4.99. The Labute approximate surface area is 176 Å². The molecule has 0 aromatic heterocycles. The number of ether oxygens (including phenoxy) is 3. The van der Waals surface area contributed by atoms with Crippen LogP contribution in [0.5, 0.6) is 17.2 Å². The molecule has 1 amide bonds. The molecule has 0 spiro atoms. The standard InChI is InChI=1S/C22H20BrNO5/c1-27-15-4-2-3-5-16(15)28-12-8-6-11(7-9-12)24-21(25)17-13-10-14-18(17)22(26)29-20(14)19(13)23/h2-9,13-14,17-20H,10H2,1H3,(H,24,25)/t13-,14-,17-,18-,19-,20+/m1/s1. The first-order chi connectivity index (χ1) is 14.1. The van der Waals surface area contributed by atoms with E-state index in [0.717, 1.165) is 6.42 Å². The van der Waals surface area contributed by atoms with Gasteiger partial charge in [-0.3, -0.25) is 9.59 Å². The molecule has 0 unspecified atom stereocenters. The zero-order valence-corrected chi connectivity index (χ0v) is 17.3. The summed E-state index contributed by atoms with van der Waals surface area (Å²) in [5, 5.41) is 2.96. The molecule has 7 heteroatoms. The molecule has 1 N–H and O–H groups in total. The molecule has 2 aliphatic carbocycles. The van der Waals surface area contributed by atoms with E-state index in [0.29, 0.717) is 22.9 Å². The zero-order chi connectivity index (χ0) is 20.1. The van der Waals surface area contributed by atoms with E-state index in [-0.39, 0.29) is 46.5 Å². The molecule has 3 aliphatic rings. The number of benzene rings is 2. The summed E-state index contributed by atoms with van der Waals surface area (Å²) in [5.41, 5.74) is 0.666. The average Bonchev–Trinajstić information content (AvgIpc) is 3.34. The number of halogens is 1. The van der Waals surface area contributed by atoms with Gasteiger partial charge in [-0.25, -0.2) is 0 Å². The number of alkyl halides is 1. The van der Waals surface area contributed by atoms with Crippen LogP contribution in [0.15, 0.2) is 48.5 Å². The third-order valence-electron chi connectivity index (χ3n) is 6.24. The van der Waals surface area contributed by atoms with Crippen LogP contribution in [0.3, 0.4) is 0 Å². The summed E-state index contributed by atoms with van der Waals surface area (Å²) in [6.07, 6.45) is 0.786. The van der Waals surface area contributed by atoms with Crippen LogP contribution in [-0.2, 0) is 14.3 Å². The molecule has 0 radical (unpaired) electrons. The van der Waals surface area contributed by atoms with Gasteiger partial charge in [0.05, 0.1) is 23.8 Å². The summed E-state index contributed by atoms with van der Waals surface area (Å²) in [6.45, 7) is 0. The number of amides is 1. The van der Waals surface area contributed by atoms with Crippen LogP contribution in [-0.4, -0.2) is 29.9 Å². The van der Waals surface area contributed by atoms with Crippen molar-refractivity contribution in [2.24, 2.45) is 23.7 Å². The van der Waals surface area contributed by atoms with Crippen LogP contribution in [0.1, 0.15) is 6.42 Å². The van der Waals surface area contributed by atoms with Crippen molar-refractivity contribution in [3.63, 3.8) is 0 Å². The number of hydrogen-bond acceptors (Lipinski definition) is 5. The van der Waals surface area contributed by atoms with E-state index >= 15 is 0 Å². The van der Waals surface area contributed by atoms with Gasteiger partial charge < -0.3 is 19.5 Å². The lowest BCUT2D eigenvalue weighted by Crippen LogP contribution is -2.40. The largest absolute Gasteiger partial charge is 0.493 e. The monoisotopic (exact) mass is 457 g/mol. The lowest BCUT2D eigenvalue weighted by molar-refractivity contribution is -0.145. The topological polar surface area (TPSA) is 73.9 Å². The highest BCUT2D eigenvalue weighted by molar-refractivity contribution is 9.09. The molecule has 3 fully saturated rings. The number of anilines is 1. The normalized spacial score (nSPS) is 31.4. The van der Waals surface area contributed by atoms with E-state index < -0.39 is 0 Å². The molecule has 6 nitrogen and oxygen atoms in total. The van der Waals surface area contributed by atoms with Crippen molar-refractivity contribution in [3.05, 3.63) is 48.5 Å². The zero-order valence-electron chi connectivity index (χ0n) is 15.7. The van der Waals surface area contributed by atoms with Crippen molar-refractivity contribution in [1.29, 1.82) is 0 Å². The van der Waals surface area contributed by atoms with Gasteiger partial charge in [0.2, 0.25) is 5.91 Å². The highest BCUT2D eigenvalue weighted by Crippen LogP contribution is 2.60. The first-order valence-electron chi connectivity index (χ1n) is 9.63. The number of carbonyl (C=O) groups excluding carboxylic acids is 2. The van der Waals surface area contributed by atoms with Crippen molar-refractivity contribution in [1.82, 2.24) is 0 Å². The Hall–Kier alpha value is -2.54. The van der Waals surface area contributed by atoms with Gasteiger partial charge in [-0.15, -0.1) is 0 Å². The van der Waals surface area contributed by atoms with Crippen LogP contribution in [0.2, 0.25) is 0 Å². The molecule has 2 saturated carbocycles. The molecule has 2 aromatic rings. The molecule has 6 atom stereocenters. The predicted molar refractivity (Wildman–Crippen MR) is 109 cm³/mol. The number of para-hydroxylation sites is 2. The third-order valence-corrected chi connectivity index (χ3v) is 7.44. The van der Waals surface area contributed by atoms with Gasteiger partial charge in [0.1, 0.15) is 11.9 Å². The van der Waals surface area contributed by atoms with Crippen LogP contribution in [0.4, 0.5) is 5.69 Å². The minimum Gasteiger partial charge on any atom is -0.493 e. The number of carbonyl (C=O) groups is 2. The minimum atomic E-state index is -0.347. The summed E-state index contributed by atoms with van der Waals surface area (Å²) < 4.78 is 16.6. The van der Waals surface area contributed by atoms with Crippen molar-refractivity contribution in [3.8, 4) is 17.2 Å². The van der Waals surface area contributed by atoms with Crippen molar-refractivity contribution >= 4 is 33.5 Å². The number of hydrogen-bond donors (Lipinski definition) is 1. The number of methoxy groups -OCH3 is 1. The molecule has 2 aromatic carbocycles. The van der Waals surface area contributed by atoms with Gasteiger partial charge in [-0.05, 0) is 48.7 Å². The fraction of sp³-hybridized carbons (Fsp3) is 0.364. The maximum Gasteiger partial charge on any atom is 0.310 e. The number of rotatable bonds is 5. The van der Waals surface area contributed by atoms with Crippen molar-refractivity contribution in [2.45, 2.75) is 17.4 Å². The number of esters is 1. The lowest BCUT2D eigenvalue weighted by atomic mass is 9.79. The van der Waals surface area contributed by atoms with Crippen LogP contribution in [0.25, 0.3) is 0 Å².